The molecule has 0 saturated heterocycles. The summed E-state index contributed by atoms with van der Waals surface area (Å²) in [6, 6.07) is 18.2. The highest BCUT2D eigenvalue weighted by atomic mass is 16.5. The van der Waals surface area contributed by atoms with Crippen LogP contribution < -0.4 is 19.5 Å². The van der Waals surface area contributed by atoms with Gasteiger partial charge in [0.25, 0.3) is 5.91 Å². The first kappa shape index (κ1) is 29.9. The van der Waals surface area contributed by atoms with Gasteiger partial charge in [0, 0.05) is 35.2 Å². The van der Waals surface area contributed by atoms with Gasteiger partial charge in [0.1, 0.15) is 18.5 Å². The first-order chi connectivity index (χ1) is 21.9. The number of hydrogen-bond donors (Lipinski definition) is 3. The standard InChI is InChI=1S/C34H32N2O9/c1-42-25-10-6-9-21-15-27(44-30(21)25)34(41)36(17-19-7-4-3-5-8-19)24-16-23(33(40)35-11-12-37)28-22-13-20(18-38)14-26(43-2)31(22)45-32(28)29(24)39/h3-10,13-16,18,24,28-29,32,37,39H,11-12,17H2,1-2H3,(H,35,40)/t24-,28+,29+,32+/m1/s1. The van der Waals surface area contributed by atoms with E-state index in [-0.39, 0.29) is 36.8 Å². The molecule has 1 aliphatic carbocycles. The van der Waals surface area contributed by atoms with Gasteiger partial charge < -0.3 is 39.1 Å². The molecule has 4 atom stereocenters. The average Bonchev–Trinajstić information content (AvgIpc) is 3.69. The van der Waals surface area contributed by atoms with E-state index in [1.165, 1.54) is 25.2 Å². The molecule has 0 saturated carbocycles. The second kappa shape index (κ2) is 12.5. The number of para-hydroxylation sites is 1. The Bertz CT molecular complexity index is 1780. The number of fused-ring (bicyclic) bond motifs is 4. The second-order valence-corrected chi connectivity index (χ2v) is 10.8. The Labute approximate surface area is 258 Å². The Morgan fingerprint density at radius 1 is 1.02 bits per heavy atom. The highest BCUT2D eigenvalue weighted by Crippen LogP contribution is 2.51. The molecule has 2 aliphatic rings. The third-order valence-electron chi connectivity index (χ3n) is 8.17. The van der Waals surface area contributed by atoms with Crippen LogP contribution in [0.5, 0.6) is 17.2 Å². The van der Waals surface area contributed by atoms with Crippen LogP contribution in [0.25, 0.3) is 11.0 Å². The molecule has 1 aliphatic heterocycles. The number of rotatable bonds is 10. The highest BCUT2D eigenvalue weighted by Gasteiger charge is 2.51. The van der Waals surface area contributed by atoms with Crippen molar-refractivity contribution in [3.8, 4) is 17.2 Å². The van der Waals surface area contributed by atoms with Gasteiger partial charge in [-0.05, 0) is 35.9 Å². The maximum Gasteiger partial charge on any atom is 0.290 e. The average molecular weight is 613 g/mol. The van der Waals surface area contributed by atoms with Crippen molar-refractivity contribution in [3.05, 3.63) is 101 Å². The van der Waals surface area contributed by atoms with Crippen LogP contribution in [0.1, 0.15) is 38.0 Å². The van der Waals surface area contributed by atoms with E-state index >= 15 is 0 Å². The van der Waals surface area contributed by atoms with Crippen molar-refractivity contribution in [2.24, 2.45) is 0 Å². The van der Waals surface area contributed by atoms with Crippen molar-refractivity contribution in [3.63, 3.8) is 0 Å². The van der Waals surface area contributed by atoms with Crippen LogP contribution in [-0.2, 0) is 11.3 Å². The van der Waals surface area contributed by atoms with Gasteiger partial charge in [0.05, 0.1) is 32.8 Å². The third-order valence-corrected chi connectivity index (χ3v) is 8.17. The first-order valence-corrected chi connectivity index (χ1v) is 14.4. The summed E-state index contributed by atoms with van der Waals surface area (Å²) in [4.78, 5) is 41.1. The number of benzene rings is 3. The molecule has 0 spiro atoms. The number of aliphatic hydroxyl groups is 2. The summed E-state index contributed by atoms with van der Waals surface area (Å²) in [6.07, 6.45) is -0.104. The van der Waals surface area contributed by atoms with Crippen LogP contribution in [0, 0.1) is 0 Å². The van der Waals surface area contributed by atoms with E-state index in [0.717, 1.165) is 5.56 Å². The molecule has 11 heteroatoms. The molecule has 3 N–H and O–H groups in total. The lowest BCUT2D eigenvalue weighted by molar-refractivity contribution is -0.118. The Kier molecular flexibility index (Phi) is 8.29. The molecule has 0 radical (unpaired) electrons. The molecular formula is C34H32N2O9. The number of methoxy groups -OCH3 is 2. The lowest BCUT2D eigenvalue weighted by Crippen LogP contribution is -2.55. The van der Waals surface area contributed by atoms with Crippen LogP contribution in [0.2, 0.25) is 0 Å². The summed E-state index contributed by atoms with van der Waals surface area (Å²) in [7, 11) is 2.94. The monoisotopic (exact) mass is 612 g/mol. The summed E-state index contributed by atoms with van der Waals surface area (Å²) in [5, 5.41) is 24.7. The number of aldehydes is 1. The van der Waals surface area contributed by atoms with Crippen molar-refractivity contribution in [1.29, 1.82) is 0 Å². The summed E-state index contributed by atoms with van der Waals surface area (Å²) in [5.74, 6) is -0.772. The van der Waals surface area contributed by atoms with Crippen LogP contribution >= 0.6 is 0 Å². The van der Waals surface area contributed by atoms with Crippen LogP contribution in [-0.4, -0.2) is 78.8 Å². The molecule has 45 heavy (non-hydrogen) atoms. The SMILES string of the molecule is COc1cc(C=O)cc2c1O[C@@H]1[C@@H](O)[C@H](N(Cc3ccccc3)C(=O)c3cc4cccc(OC)c4o3)C=C(C(=O)NCCO)[C@H]21. The minimum atomic E-state index is -1.31. The van der Waals surface area contributed by atoms with Crippen LogP contribution in [0.4, 0.5) is 0 Å². The summed E-state index contributed by atoms with van der Waals surface area (Å²) >= 11 is 0. The maximum atomic E-state index is 14.3. The van der Waals surface area contributed by atoms with Crippen LogP contribution in [0.3, 0.4) is 0 Å². The molecular weight excluding hydrogens is 580 g/mol. The van der Waals surface area contributed by atoms with Crippen molar-refractivity contribution >= 4 is 29.1 Å². The Morgan fingerprint density at radius 3 is 2.51 bits per heavy atom. The van der Waals surface area contributed by atoms with E-state index in [4.69, 9.17) is 18.6 Å². The Morgan fingerprint density at radius 2 is 1.80 bits per heavy atom. The predicted octanol–water partition coefficient (Wildman–Crippen LogP) is 3.23. The van der Waals surface area contributed by atoms with Gasteiger partial charge in [-0.15, -0.1) is 0 Å². The normalized spacial score (nSPS) is 20.0. The topological polar surface area (TPSA) is 148 Å². The Hall–Kier alpha value is -5.13. The lowest BCUT2D eigenvalue weighted by atomic mass is 9.77. The number of furan rings is 1. The quantitative estimate of drug-likeness (QED) is 0.230. The number of carbonyl (C=O) groups excluding carboxylic acids is 3. The van der Waals surface area contributed by atoms with Gasteiger partial charge in [0.2, 0.25) is 5.91 Å². The van der Waals surface area contributed by atoms with Crippen molar-refractivity contribution in [2.45, 2.75) is 30.7 Å². The first-order valence-electron chi connectivity index (χ1n) is 14.4. The predicted molar refractivity (Wildman–Crippen MR) is 163 cm³/mol. The molecule has 3 aromatic carbocycles. The molecule has 0 fully saturated rings. The molecule has 232 valence electrons. The van der Waals surface area contributed by atoms with Crippen LogP contribution in [0.15, 0.2) is 82.8 Å². The number of ether oxygens (including phenoxy) is 3. The van der Waals surface area contributed by atoms with Gasteiger partial charge in [-0.3, -0.25) is 14.4 Å². The van der Waals surface area contributed by atoms with E-state index < -0.39 is 36.0 Å². The zero-order chi connectivity index (χ0) is 31.7. The van der Waals surface area contributed by atoms with E-state index in [2.05, 4.69) is 5.32 Å². The minimum Gasteiger partial charge on any atom is -0.493 e. The molecule has 11 nitrogen and oxygen atoms in total. The van der Waals surface area contributed by atoms with Gasteiger partial charge in [-0.2, -0.15) is 0 Å². The number of nitrogens with one attached hydrogen (secondary N) is 1. The van der Waals surface area contributed by atoms with Crippen molar-refractivity contribution in [2.75, 3.05) is 27.4 Å². The molecule has 2 heterocycles. The van der Waals surface area contributed by atoms with Crippen molar-refractivity contribution < 1.29 is 43.2 Å². The molecule has 6 rings (SSSR count). The van der Waals surface area contributed by atoms with E-state index in [9.17, 15) is 24.6 Å². The Balaban J connectivity index is 1.48. The highest BCUT2D eigenvalue weighted by molar-refractivity contribution is 5.99. The summed E-state index contributed by atoms with van der Waals surface area (Å²) < 4.78 is 23.2. The van der Waals surface area contributed by atoms with E-state index in [1.54, 1.807) is 36.4 Å². The summed E-state index contributed by atoms with van der Waals surface area (Å²) in [5.41, 5.74) is 2.20. The van der Waals surface area contributed by atoms with E-state index in [0.29, 0.717) is 39.9 Å². The van der Waals surface area contributed by atoms with Crippen molar-refractivity contribution in [1.82, 2.24) is 10.2 Å². The fourth-order valence-electron chi connectivity index (χ4n) is 6.10. The summed E-state index contributed by atoms with van der Waals surface area (Å²) in [6.45, 7) is -0.232. The van der Waals surface area contributed by atoms with Gasteiger partial charge in [-0.1, -0.05) is 42.5 Å². The molecule has 4 aromatic rings. The lowest BCUT2D eigenvalue weighted by Gasteiger charge is -2.40. The zero-order valence-corrected chi connectivity index (χ0v) is 24.6. The fraction of sp³-hybridized carbons (Fsp3) is 0.265. The number of nitrogens with zero attached hydrogens (tertiary/aromatic N) is 1. The van der Waals surface area contributed by atoms with E-state index in [1.807, 2.05) is 30.3 Å². The van der Waals surface area contributed by atoms with Gasteiger partial charge >= 0.3 is 0 Å². The molecule has 2 amide bonds. The smallest absolute Gasteiger partial charge is 0.290 e. The second-order valence-electron chi connectivity index (χ2n) is 10.8. The molecule has 1 aromatic heterocycles. The number of amides is 2. The molecule has 0 bridgehead atoms. The maximum absolute atomic E-state index is 14.3. The fourth-order valence-corrected chi connectivity index (χ4v) is 6.10. The minimum absolute atomic E-state index is 0.0142. The number of carbonyl (C=O) groups is 3. The largest absolute Gasteiger partial charge is 0.493 e. The van der Waals surface area contributed by atoms with Gasteiger partial charge in [-0.25, -0.2) is 0 Å². The molecule has 0 unspecified atom stereocenters. The third kappa shape index (κ3) is 5.41. The number of aliphatic hydroxyl groups excluding tert-OH is 2. The zero-order valence-electron chi connectivity index (χ0n) is 24.6. The van der Waals surface area contributed by atoms with Gasteiger partial charge in [0.15, 0.2) is 28.6 Å². The number of hydrogen-bond acceptors (Lipinski definition) is 9.